The monoisotopic (exact) mass is 474 g/mol. The number of halogens is 1. The second kappa shape index (κ2) is 8.26. The molecule has 0 saturated carbocycles. The fourth-order valence-corrected chi connectivity index (χ4v) is 5.67. The largest absolute Gasteiger partial charge is 0.459 e. The maximum absolute atomic E-state index is 14.0. The van der Waals surface area contributed by atoms with Crippen molar-refractivity contribution in [2.75, 3.05) is 5.32 Å². The van der Waals surface area contributed by atoms with Gasteiger partial charge in [0.2, 0.25) is 5.91 Å². The summed E-state index contributed by atoms with van der Waals surface area (Å²) in [4.78, 5) is 27.6. The van der Waals surface area contributed by atoms with E-state index < -0.39 is 35.0 Å². The Bertz CT molecular complexity index is 1250. The van der Waals surface area contributed by atoms with Gasteiger partial charge in [-0.05, 0) is 55.7 Å². The molecular formula is C28H27ClN2O3. The molecule has 1 spiro atoms. The van der Waals surface area contributed by atoms with Gasteiger partial charge in [-0.1, -0.05) is 72.3 Å². The van der Waals surface area contributed by atoms with Crippen LogP contribution in [-0.2, 0) is 19.7 Å². The van der Waals surface area contributed by atoms with Gasteiger partial charge in [0.25, 0.3) is 0 Å². The van der Waals surface area contributed by atoms with Crippen LogP contribution in [0.4, 0.5) is 5.69 Å². The molecule has 5 rings (SSSR count). The predicted molar refractivity (Wildman–Crippen MR) is 133 cm³/mol. The molecule has 174 valence electrons. The number of hydrogen-bond acceptors (Lipinski definition) is 4. The van der Waals surface area contributed by atoms with Crippen LogP contribution in [0.5, 0.6) is 0 Å². The molecule has 0 aliphatic carbocycles. The first-order chi connectivity index (χ1) is 16.2. The molecule has 3 aromatic rings. The summed E-state index contributed by atoms with van der Waals surface area (Å²) in [6, 6.07) is 23.7. The Morgan fingerprint density at radius 2 is 1.62 bits per heavy atom. The van der Waals surface area contributed by atoms with Gasteiger partial charge in [0.15, 0.2) is 0 Å². The SMILES string of the molecule is CC(C)(C)OC(=O)[C@H]1N[C@H](c2ccccc2)[C@]2(C(=O)Nc3ccccc32)[C@@H]1c1cccc(Cl)c1. The predicted octanol–water partition coefficient (Wildman–Crippen LogP) is 5.37. The van der Waals surface area contributed by atoms with Crippen LogP contribution in [0.1, 0.15) is 49.4 Å². The van der Waals surface area contributed by atoms with Crippen LogP contribution in [0.3, 0.4) is 0 Å². The van der Waals surface area contributed by atoms with E-state index in [4.69, 9.17) is 16.3 Å². The summed E-state index contributed by atoms with van der Waals surface area (Å²) >= 11 is 6.41. The van der Waals surface area contributed by atoms with E-state index in [9.17, 15) is 9.59 Å². The number of amides is 1. The molecule has 6 heteroatoms. The zero-order chi connectivity index (χ0) is 24.1. The molecule has 1 saturated heterocycles. The molecule has 0 aromatic heterocycles. The van der Waals surface area contributed by atoms with E-state index >= 15 is 0 Å². The molecule has 2 heterocycles. The van der Waals surface area contributed by atoms with Gasteiger partial charge in [-0.2, -0.15) is 0 Å². The zero-order valence-electron chi connectivity index (χ0n) is 19.3. The van der Waals surface area contributed by atoms with Crippen molar-refractivity contribution >= 4 is 29.2 Å². The molecule has 0 unspecified atom stereocenters. The van der Waals surface area contributed by atoms with Gasteiger partial charge < -0.3 is 10.1 Å². The number of rotatable bonds is 3. The molecule has 4 atom stereocenters. The number of carbonyl (C=O) groups is 2. The quantitative estimate of drug-likeness (QED) is 0.501. The van der Waals surface area contributed by atoms with Crippen LogP contribution in [0.2, 0.25) is 5.02 Å². The van der Waals surface area contributed by atoms with Crippen molar-refractivity contribution in [3.05, 3.63) is 101 Å². The summed E-state index contributed by atoms with van der Waals surface area (Å²) in [6.45, 7) is 5.53. The first kappa shape index (κ1) is 22.6. The van der Waals surface area contributed by atoms with E-state index in [2.05, 4.69) is 10.6 Å². The fraction of sp³-hybridized carbons (Fsp3) is 0.286. The van der Waals surface area contributed by atoms with E-state index in [0.29, 0.717) is 5.02 Å². The molecule has 1 amide bonds. The molecule has 2 aliphatic rings. The second-order valence-corrected chi connectivity index (χ2v) is 10.4. The Balaban J connectivity index is 1.78. The third-order valence-corrected chi connectivity index (χ3v) is 6.86. The van der Waals surface area contributed by atoms with Gasteiger partial charge in [0.1, 0.15) is 17.1 Å². The molecule has 3 aromatic carbocycles. The highest BCUT2D eigenvalue weighted by atomic mass is 35.5. The van der Waals surface area contributed by atoms with E-state index in [1.165, 1.54) is 0 Å². The fourth-order valence-electron chi connectivity index (χ4n) is 5.48. The third kappa shape index (κ3) is 3.60. The lowest BCUT2D eigenvalue weighted by Crippen LogP contribution is -2.44. The first-order valence-corrected chi connectivity index (χ1v) is 11.8. The van der Waals surface area contributed by atoms with Crippen LogP contribution in [-0.4, -0.2) is 23.5 Å². The number of carbonyl (C=O) groups excluding carboxylic acids is 2. The van der Waals surface area contributed by atoms with Crippen molar-refractivity contribution in [3.63, 3.8) is 0 Å². The number of ether oxygens (including phenoxy) is 1. The average molecular weight is 475 g/mol. The van der Waals surface area contributed by atoms with E-state index in [1.807, 2.05) is 93.6 Å². The highest BCUT2D eigenvalue weighted by molar-refractivity contribution is 6.30. The van der Waals surface area contributed by atoms with Crippen LogP contribution >= 0.6 is 11.6 Å². The van der Waals surface area contributed by atoms with Gasteiger partial charge in [0, 0.05) is 16.6 Å². The van der Waals surface area contributed by atoms with Gasteiger partial charge in [-0.25, -0.2) is 0 Å². The third-order valence-electron chi connectivity index (χ3n) is 6.62. The van der Waals surface area contributed by atoms with Gasteiger partial charge in [0.05, 0.1) is 6.04 Å². The number of fused-ring (bicyclic) bond motifs is 2. The number of benzene rings is 3. The molecule has 0 bridgehead atoms. The summed E-state index contributed by atoms with van der Waals surface area (Å²) in [6.07, 6.45) is 0. The highest BCUT2D eigenvalue weighted by Crippen LogP contribution is 2.59. The van der Waals surface area contributed by atoms with Crippen molar-refractivity contribution in [1.29, 1.82) is 0 Å². The van der Waals surface area contributed by atoms with E-state index in [0.717, 1.165) is 22.4 Å². The summed E-state index contributed by atoms with van der Waals surface area (Å²) in [5, 5.41) is 7.16. The van der Waals surface area contributed by atoms with Crippen molar-refractivity contribution < 1.29 is 14.3 Å². The van der Waals surface area contributed by atoms with Gasteiger partial charge in [-0.3, -0.25) is 14.9 Å². The van der Waals surface area contributed by atoms with Crippen LogP contribution < -0.4 is 10.6 Å². The maximum atomic E-state index is 14.0. The van der Waals surface area contributed by atoms with E-state index in [1.54, 1.807) is 6.07 Å². The zero-order valence-corrected chi connectivity index (χ0v) is 20.1. The first-order valence-electron chi connectivity index (χ1n) is 11.4. The van der Waals surface area contributed by atoms with Crippen molar-refractivity contribution in [1.82, 2.24) is 5.32 Å². The second-order valence-electron chi connectivity index (χ2n) is 9.92. The standard InChI is InChI=1S/C28H27ClN2O3/c1-27(2,3)34-25(32)23-22(18-12-9-13-19(29)16-18)28(24(31-23)17-10-5-4-6-11-17)20-14-7-8-15-21(20)30-26(28)33/h4-16,22-24,31H,1-3H3,(H,30,33)/t22-,23+,24-,28-/m1/s1. The number of anilines is 1. The molecule has 2 N–H and O–H groups in total. The van der Waals surface area contributed by atoms with E-state index in [-0.39, 0.29) is 5.91 Å². The number of hydrogen-bond donors (Lipinski definition) is 2. The Kier molecular flexibility index (Phi) is 5.50. The Morgan fingerprint density at radius 3 is 2.32 bits per heavy atom. The van der Waals surface area contributed by atoms with Gasteiger partial charge in [-0.15, -0.1) is 0 Å². The average Bonchev–Trinajstić information content (AvgIpc) is 3.30. The summed E-state index contributed by atoms with van der Waals surface area (Å²) < 4.78 is 5.85. The molecule has 0 radical (unpaired) electrons. The topological polar surface area (TPSA) is 67.4 Å². The van der Waals surface area contributed by atoms with Crippen molar-refractivity contribution in [2.24, 2.45) is 0 Å². The summed E-state index contributed by atoms with van der Waals surface area (Å²) in [5.74, 6) is -1.09. The lowest BCUT2D eigenvalue weighted by atomic mass is 9.63. The van der Waals surface area contributed by atoms with Crippen LogP contribution in [0.15, 0.2) is 78.9 Å². The molecule has 2 aliphatic heterocycles. The Labute approximate surface area is 204 Å². The summed E-state index contributed by atoms with van der Waals surface area (Å²) in [5.41, 5.74) is 1.59. The van der Waals surface area contributed by atoms with Gasteiger partial charge >= 0.3 is 5.97 Å². The minimum Gasteiger partial charge on any atom is -0.459 e. The molecule has 5 nitrogen and oxygen atoms in total. The van der Waals surface area contributed by atoms with Crippen LogP contribution in [0.25, 0.3) is 0 Å². The number of para-hydroxylation sites is 1. The Morgan fingerprint density at radius 1 is 0.941 bits per heavy atom. The lowest BCUT2D eigenvalue weighted by molar-refractivity contribution is -0.157. The smallest absolute Gasteiger partial charge is 0.324 e. The van der Waals surface area contributed by atoms with Crippen LogP contribution in [0, 0.1) is 0 Å². The number of nitrogens with one attached hydrogen (secondary N) is 2. The highest BCUT2D eigenvalue weighted by Gasteiger charge is 2.66. The lowest BCUT2D eigenvalue weighted by Gasteiger charge is -2.35. The normalized spacial score (nSPS) is 25.8. The van der Waals surface area contributed by atoms with Crippen molar-refractivity contribution in [3.8, 4) is 0 Å². The summed E-state index contributed by atoms with van der Waals surface area (Å²) in [7, 11) is 0. The molecule has 1 fully saturated rings. The maximum Gasteiger partial charge on any atom is 0.324 e. The molecular weight excluding hydrogens is 448 g/mol. The number of esters is 1. The minimum absolute atomic E-state index is 0.147. The Hall–Kier alpha value is -3.15. The molecule has 34 heavy (non-hydrogen) atoms. The minimum atomic E-state index is -1.08. The van der Waals surface area contributed by atoms with Crippen molar-refractivity contribution in [2.45, 2.75) is 49.8 Å².